The molecule has 0 aliphatic heterocycles. The Morgan fingerprint density at radius 1 is 1.67 bits per heavy atom. The normalized spacial score (nSPS) is 9.83. The summed E-state index contributed by atoms with van der Waals surface area (Å²) >= 11 is 0. The Balaban J connectivity index is 3.26. The zero-order valence-corrected chi connectivity index (χ0v) is 6.52. The molecule has 5 nitrogen and oxygen atoms in total. The molecule has 0 saturated heterocycles. The SMILES string of the molecule is COc1cn(O)c(CO)cc1=O. The summed E-state index contributed by atoms with van der Waals surface area (Å²) in [6.07, 6.45) is 1.11. The lowest BCUT2D eigenvalue weighted by molar-refractivity contribution is 0.148. The summed E-state index contributed by atoms with van der Waals surface area (Å²) < 4.78 is 5.30. The van der Waals surface area contributed by atoms with Crippen LogP contribution >= 0.6 is 0 Å². The summed E-state index contributed by atoms with van der Waals surface area (Å²) in [4.78, 5) is 11.0. The van der Waals surface area contributed by atoms with E-state index >= 15 is 0 Å². The molecular formula is C7H9NO4. The van der Waals surface area contributed by atoms with Crippen molar-refractivity contribution in [2.75, 3.05) is 7.11 Å². The first-order valence-corrected chi connectivity index (χ1v) is 3.28. The van der Waals surface area contributed by atoms with E-state index in [9.17, 15) is 4.79 Å². The van der Waals surface area contributed by atoms with Crippen LogP contribution in [0.1, 0.15) is 5.69 Å². The minimum absolute atomic E-state index is 0.0368. The van der Waals surface area contributed by atoms with E-state index in [-0.39, 0.29) is 16.9 Å². The Morgan fingerprint density at radius 2 is 2.33 bits per heavy atom. The van der Waals surface area contributed by atoms with Crippen LogP contribution in [-0.2, 0) is 6.61 Å². The summed E-state index contributed by atoms with van der Waals surface area (Å²) in [7, 11) is 1.33. The van der Waals surface area contributed by atoms with Gasteiger partial charge in [0.05, 0.1) is 25.6 Å². The molecule has 2 N–H and O–H groups in total. The maximum atomic E-state index is 11.0. The first-order valence-electron chi connectivity index (χ1n) is 3.28. The molecule has 0 saturated carbocycles. The minimum atomic E-state index is -0.393. The van der Waals surface area contributed by atoms with Crippen molar-refractivity contribution in [1.82, 2.24) is 4.73 Å². The van der Waals surface area contributed by atoms with E-state index in [1.807, 2.05) is 0 Å². The summed E-state index contributed by atoms with van der Waals surface area (Å²) in [6.45, 7) is -0.393. The van der Waals surface area contributed by atoms with Crippen molar-refractivity contribution in [3.05, 3.63) is 28.2 Å². The summed E-state index contributed by atoms with van der Waals surface area (Å²) in [6, 6.07) is 1.11. The highest BCUT2D eigenvalue weighted by Gasteiger charge is 2.04. The number of pyridine rings is 1. The second kappa shape index (κ2) is 3.27. The molecule has 0 spiro atoms. The van der Waals surface area contributed by atoms with Gasteiger partial charge in [-0.3, -0.25) is 4.79 Å². The van der Waals surface area contributed by atoms with Crippen LogP contribution in [0.15, 0.2) is 17.1 Å². The van der Waals surface area contributed by atoms with Gasteiger partial charge in [0.15, 0.2) is 5.75 Å². The molecule has 1 aromatic heterocycles. The van der Waals surface area contributed by atoms with Crippen LogP contribution in [0.3, 0.4) is 0 Å². The Kier molecular flexibility index (Phi) is 2.35. The Morgan fingerprint density at radius 3 is 2.83 bits per heavy atom. The molecule has 12 heavy (non-hydrogen) atoms. The van der Waals surface area contributed by atoms with Crippen LogP contribution in [0.25, 0.3) is 0 Å². The Hall–Kier alpha value is -1.49. The quantitative estimate of drug-likeness (QED) is 0.593. The zero-order valence-electron chi connectivity index (χ0n) is 6.52. The minimum Gasteiger partial charge on any atom is -0.491 e. The molecule has 0 aliphatic carbocycles. The first-order chi connectivity index (χ1) is 5.69. The standard InChI is InChI=1S/C7H9NO4/c1-12-7-3-8(11)5(4-9)2-6(7)10/h2-3,9,11H,4H2,1H3. The molecule has 1 heterocycles. The van der Waals surface area contributed by atoms with E-state index in [1.54, 1.807) is 0 Å². The topological polar surface area (TPSA) is 71.7 Å². The average molecular weight is 171 g/mol. The van der Waals surface area contributed by atoms with Gasteiger partial charge >= 0.3 is 0 Å². The average Bonchev–Trinajstić information content (AvgIpc) is 2.08. The van der Waals surface area contributed by atoms with Crippen LogP contribution in [-0.4, -0.2) is 22.2 Å². The van der Waals surface area contributed by atoms with Crippen molar-refractivity contribution in [3.63, 3.8) is 0 Å². The molecule has 0 unspecified atom stereocenters. The highest BCUT2D eigenvalue weighted by molar-refractivity contribution is 5.20. The molecule has 0 amide bonds. The van der Waals surface area contributed by atoms with Gasteiger partial charge < -0.3 is 15.1 Å². The van der Waals surface area contributed by atoms with Gasteiger partial charge in [-0.05, 0) is 0 Å². The molecule has 0 bridgehead atoms. The number of hydrogen-bond acceptors (Lipinski definition) is 4. The number of hydrogen-bond donors (Lipinski definition) is 2. The lowest BCUT2D eigenvalue weighted by atomic mass is 10.3. The van der Waals surface area contributed by atoms with E-state index in [2.05, 4.69) is 4.74 Å². The lowest BCUT2D eigenvalue weighted by Gasteiger charge is -2.05. The third kappa shape index (κ3) is 1.40. The van der Waals surface area contributed by atoms with E-state index in [1.165, 1.54) is 7.11 Å². The molecule has 0 aliphatic rings. The monoisotopic (exact) mass is 171 g/mol. The van der Waals surface area contributed by atoms with Gasteiger partial charge in [-0.25, -0.2) is 0 Å². The first kappa shape index (κ1) is 8.61. The Bertz CT molecular complexity index is 331. The van der Waals surface area contributed by atoms with Crippen molar-refractivity contribution in [2.24, 2.45) is 0 Å². The van der Waals surface area contributed by atoms with E-state index in [0.29, 0.717) is 4.73 Å². The fourth-order valence-corrected chi connectivity index (χ4v) is 0.818. The molecule has 0 fully saturated rings. The lowest BCUT2D eigenvalue weighted by Crippen LogP contribution is -2.12. The molecule has 0 radical (unpaired) electrons. The van der Waals surface area contributed by atoms with Crippen LogP contribution in [0.2, 0.25) is 0 Å². The number of aliphatic hydroxyl groups excluding tert-OH is 1. The van der Waals surface area contributed by atoms with Gasteiger partial charge in [0.2, 0.25) is 5.43 Å². The van der Waals surface area contributed by atoms with Crippen LogP contribution in [0.4, 0.5) is 0 Å². The number of aliphatic hydroxyl groups is 1. The molecule has 1 rings (SSSR count). The second-order valence-corrected chi connectivity index (χ2v) is 2.20. The number of methoxy groups -OCH3 is 1. The fourth-order valence-electron chi connectivity index (χ4n) is 0.818. The number of aromatic nitrogens is 1. The third-order valence-electron chi connectivity index (χ3n) is 1.46. The van der Waals surface area contributed by atoms with Crippen molar-refractivity contribution in [1.29, 1.82) is 0 Å². The van der Waals surface area contributed by atoms with Gasteiger partial charge in [-0.1, -0.05) is 0 Å². The molecule has 1 aromatic rings. The molecular weight excluding hydrogens is 162 g/mol. The Labute approximate surface area is 68.4 Å². The van der Waals surface area contributed by atoms with Crippen molar-refractivity contribution < 1.29 is 15.1 Å². The highest BCUT2D eigenvalue weighted by Crippen LogP contribution is 2.03. The van der Waals surface area contributed by atoms with Gasteiger partial charge in [0.1, 0.15) is 0 Å². The maximum absolute atomic E-state index is 11.0. The smallest absolute Gasteiger partial charge is 0.223 e. The van der Waals surface area contributed by atoms with Crippen molar-refractivity contribution in [3.8, 4) is 5.75 Å². The van der Waals surface area contributed by atoms with Gasteiger partial charge in [-0.2, -0.15) is 4.73 Å². The number of rotatable bonds is 2. The van der Waals surface area contributed by atoms with Gasteiger partial charge in [0, 0.05) is 6.07 Å². The predicted molar refractivity (Wildman–Crippen MR) is 40.4 cm³/mol. The summed E-state index contributed by atoms with van der Waals surface area (Å²) in [5.41, 5.74) is -0.243. The van der Waals surface area contributed by atoms with Crippen molar-refractivity contribution >= 4 is 0 Å². The predicted octanol–water partition coefficient (Wildman–Crippen LogP) is -0.413. The zero-order chi connectivity index (χ0) is 9.14. The third-order valence-corrected chi connectivity index (χ3v) is 1.46. The molecule has 0 aromatic carbocycles. The van der Waals surface area contributed by atoms with Crippen LogP contribution in [0.5, 0.6) is 5.75 Å². The van der Waals surface area contributed by atoms with Crippen LogP contribution < -0.4 is 10.2 Å². The number of nitrogens with zero attached hydrogens (tertiary/aromatic N) is 1. The van der Waals surface area contributed by atoms with Crippen LogP contribution in [0, 0.1) is 0 Å². The van der Waals surface area contributed by atoms with E-state index < -0.39 is 6.61 Å². The van der Waals surface area contributed by atoms with Crippen molar-refractivity contribution in [2.45, 2.75) is 6.61 Å². The number of ether oxygens (including phenoxy) is 1. The fraction of sp³-hybridized carbons (Fsp3) is 0.286. The van der Waals surface area contributed by atoms with E-state index in [4.69, 9.17) is 10.3 Å². The summed E-state index contributed by atoms with van der Waals surface area (Å²) in [5.74, 6) is 0.0368. The molecule has 66 valence electrons. The highest BCUT2D eigenvalue weighted by atomic mass is 16.5. The summed E-state index contributed by atoms with van der Waals surface area (Å²) in [5, 5.41) is 17.7. The molecule has 5 heteroatoms. The van der Waals surface area contributed by atoms with Gasteiger partial charge in [-0.15, -0.1) is 0 Å². The van der Waals surface area contributed by atoms with E-state index in [0.717, 1.165) is 12.3 Å². The van der Waals surface area contributed by atoms with Gasteiger partial charge in [0.25, 0.3) is 0 Å². The largest absolute Gasteiger partial charge is 0.491 e. The maximum Gasteiger partial charge on any atom is 0.223 e. The molecule has 0 atom stereocenters. The second-order valence-electron chi connectivity index (χ2n) is 2.20.